The van der Waals surface area contributed by atoms with Gasteiger partial charge >= 0.3 is 0 Å². The number of aromatic hydroxyl groups is 1. The molecule has 3 aliphatic rings. The van der Waals surface area contributed by atoms with Crippen molar-refractivity contribution in [2.75, 3.05) is 4.90 Å². The highest BCUT2D eigenvalue weighted by molar-refractivity contribution is 5.98. The van der Waals surface area contributed by atoms with Crippen molar-refractivity contribution >= 4 is 34.0 Å². The van der Waals surface area contributed by atoms with Crippen LogP contribution in [-0.4, -0.2) is 14.8 Å². The average molecular weight is 835 g/mol. The summed E-state index contributed by atoms with van der Waals surface area (Å²) < 4.78 is 2.34. The predicted molar refractivity (Wildman–Crippen MR) is 266 cm³/mol. The van der Waals surface area contributed by atoms with Crippen molar-refractivity contribution in [3.05, 3.63) is 252 Å². The SMILES string of the molecule is OC1=Cc2c(n(-c3ccccc3)c3ccc(-c4ccc(N(c5ccc(O)cc5)c5cccc(-c6ccc7c(c6)-c6ccccc6C76c7ccccc7-c7ccccc76)c5)cc4)cc23)CC1. The first-order valence-electron chi connectivity index (χ1n) is 22.4. The molecule has 4 heteroatoms. The van der Waals surface area contributed by atoms with Crippen LogP contribution in [0.4, 0.5) is 17.1 Å². The Labute approximate surface area is 377 Å². The van der Waals surface area contributed by atoms with Gasteiger partial charge in [0.05, 0.1) is 16.7 Å². The minimum absolute atomic E-state index is 0.225. The Balaban J connectivity index is 0.895. The molecule has 0 unspecified atom stereocenters. The second kappa shape index (κ2) is 14.3. The van der Waals surface area contributed by atoms with Crippen LogP contribution in [0.5, 0.6) is 5.75 Å². The fourth-order valence-electron chi connectivity index (χ4n) is 11.3. The first kappa shape index (κ1) is 37.2. The quantitative estimate of drug-likeness (QED) is 0.175. The van der Waals surface area contributed by atoms with Crippen molar-refractivity contribution in [1.82, 2.24) is 4.57 Å². The van der Waals surface area contributed by atoms with Crippen LogP contribution in [-0.2, 0) is 11.8 Å². The second-order valence-corrected chi connectivity index (χ2v) is 17.5. The molecule has 0 saturated carbocycles. The van der Waals surface area contributed by atoms with Crippen LogP contribution in [0.15, 0.2) is 218 Å². The summed E-state index contributed by atoms with van der Waals surface area (Å²) in [5.74, 6) is 0.650. The number of hydrogen-bond acceptors (Lipinski definition) is 3. The summed E-state index contributed by atoms with van der Waals surface area (Å²) in [6.07, 6.45) is 3.37. The van der Waals surface area contributed by atoms with Gasteiger partial charge in [0.2, 0.25) is 0 Å². The fourth-order valence-corrected chi connectivity index (χ4v) is 11.3. The van der Waals surface area contributed by atoms with Crippen LogP contribution in [0, 0.1) is 0 Å². The van der Waals surface area contributed by atoms with E-state index in [4.69, 9.17) is 0 Å². The largest absolute Gasteiger partial charge is 0.512 e. The minimum Gasteiger partial charge on any atom is -0.512 e. The average Bonchev–Trinajstić information content (AvgIpc) is 3.96. The lowest BCUT2D eigenvalue weighted by Gasteiger charge is -2.30. The van der Waals surface area contributed by atoms with Crippen molar-refractivity contribution in [3.63, 3.8) is 0 Å². The summed E-state index contributed by atoms with van der Waals surface area (Å²) in [6.45, 7) is 0. The predicted octanol–water partition coefficient (Wildman–Crippen LogP) is 15.3. The number of fused-ring (bicyclic) bond motifs is 13. The van der Waals surface area contributed by atoms with Crippen molar-refractivity contribution in [2.24, 2.45) is 0 Å². The topological polar surface area (TPSA) is 48.6 Å². The van der Waals surface area contributed by atoms with E-state index in [0.717, 1.165) is 67.9 Å². The van der Waals surface area contributed by atoms with Crippen molar-refractivity contribution < 1.29 is 10.2 Å². The molecule has 13 rings (SSSR count). The highest BCUT2D eigenvalue weighted by atomic mass is 16.3. The number of aliphatic hydroxyl groups excluding tert-OH is 1. The van der Waals surface area contributed by atoms with Gasteiger partial charge in [0.25, 0.3) is 0 Å². The number of benzene rings is 9. The number of rotatable bonds is 6. The summed E-state index contributed by atoms with van der Waals surface area (Å²) in [7, 11) is 0. The van der Waals surface area contributed by atoms with Gasteiger partial charge in [-0.2, -0.15) is 0 Å². The molecule has 0 radical (unpaired) electrons. The van der Waals surface area contributed by atoms with E-state index in [2.05, 4.69) is 191 Å². The van der Waals surface area contributed by atoms with Gasteiger partial charge in [0.15, 0.2) is 0 Å². The number of allylic oxidation sites excluding steroid dienone is 1. The summed E-state index contributed by atoms with van der Waals surface area (Å²) in [5, 5.41) is 22.1. The van der Waals surface area contributed by atoms with Crippen LogP contribution in [0.3, 0.4) is 0 Å². The summed E-state index contributed by atoms with van der Waals surface area (Å²) in [6, 6.07) is 76.0. The van der Waals surface area contributed by atoms with Gasteiger partial charge in [-0.25, -0.2) is 0 Å². The Morgan fingerprint density at radius 3 is 1.66 bits per heavy atom. The number of aromatic nitrogens is 1. The van der Waals surface area contributed by atoms with Crippen LogP contribution < -0.4 is 4.90 Å². The zero-order chi connectivity index (χ0) is 43.2. The fraction of sp³-hybridized carbons (Fsp3) is 0.0492. The van der Waals surface area contributed by atoms with E-state index in [1.807, 2.05) is 24.3 Å². The molecule has 3 aliphatic carbocycles. The Morgan fingerprint density at radius 1 is 0.415 bits per heavy atom. The minimum atomic E-state index is -0.375. The molecule has 1 aromatic heterocycles. The highest BCUT2D eigenvalue weighted by Gasteiger charge is 2.51. The van der Waals surface area contributed by atoms with E-state index in [-0.39, 0.29) is 11.2 Å². The van der Waals surface area contributed by atoms with Crippen LogP contribution >= 0.6 is 0 Å². The molecular formula is C61H42N2O2. The number of anilines is 3. The zero-order valence-electron chi connectivity index (χ0n) is 35.5. The molecule has 308 valence electrons. The standard InChI is InChI=1S/C61H42N2O2/c64-47-29-27-45(28-30-47)62(44-25-21-39(22-26-44)41-24-33-59-53(37-41)54-38-48(65)31-34-60(54)63(59)43-12-2-1-3-13-43)46-14-10-11-40(35-46)42-23-32-58-52(36-42)51-17-6-9-20-57(51)61(58)55-18-7-4-15-49(55)50-16-5-8-19-56(50)61/h1-30,32-33,35-38,64-65H,31,34H2. The lowest BCUT2D eigenvalue weighted by molar-refractivity contribution is 0.390. The molecule has 10 aromatic rings. The number of aliphatic hydroxyl groups is 1. The van der Waals surface area contributed by atoms with Crippen molar-refractivity contribution in [3.8, 4) is 55.9 Å². The lowest BCUT2D eigenvalue weighted by Crippen LogP contribution is -2.25. The molecular weight excluding hydrogens is 793 g/mol. The summed E-state index contributed by atoms with van der Waals surface area (Å²) >= 11 is 0. The van der Waals surface area contributed by atoms with Crippen LogP contribution in [0.2, 0.25) is 0 Å². The Bertz CT molecular complexity index is 3520. The normalized spacial score (nSPS) is 13.8. The van der Waals surface area contributed by atoms with Crippen molar-refractivity contribution in [1.29, 1.82) is 0 Å². The highest BCUT2D eigenvalue weighted by Crippen LogP contribution is 2.63. The molecule has 0 atom stereocenters. The van der Waals surface area contributed by atoms with Gasteiger partial charge in [0.1, 0.15) is 5.75 Å². The molecule has 1 heterocycles. The smallest absolute Gasteiger partial charge is 0.115 e. The van der Waals surface area contributed by atoms with E-state index in [0.29, 0.717) is 12.2 Å². The number of phenols is 1. The summed E-state index contributed by atoms with van der Waals surface area (Å²) in [5.41, 5.74) is 22.1. The second-order valence-electron chi connectivity index (χ2n) is 17.5. The third kappa shape index (κ3) is 5.57. The number of hydrogen-bond donors (Lipinski definition) is 2. The Morgan fingerprint density at radius 2 is 0.969 bits per heavy atom. The van der Waals surface area contributed by atoms with E-state index in [1.54, 1.807) is 12.1 Å². The maximum Gasteiger partial charge on any atom is 0.115 e. The van der Waals surface area contributed by atoms with Gasteiger partial charge in [-0.1, -0.05) is 133 Å². The zero-order valence-corrected chi connectivity index (χ0v) is 35.5. The molecule has 0 bridgehead atoms. The van der Waals surface area contributed by atoms with Gasteiger partial charge < -0.3 is 19.7 Å². The van der Waals surface area contributed by atoms with Gasteiger partial charge in [-0.15, -0.1) is 0 Å². The van der Waals surface area contributed by atoms with E-state index < -0.39 is 0 Å². The van der Waals surface area contributed by atoms with Crippen LogP contribution in [0.1, 0.15) is 39.9 Å². The Hall–Kier alpha value is -8.34. The molecule has 0 amide bonds. The van der Waals surface area contributed by atoms with Gasteiger partial charge in [-0.3, -0.25) is 0 Å². The van der Waals surface area contributed by atoms with E-state index in [1.165, 1.54) is 50.2 Å². The number of phenolic OH excluding ortho intramolecular Hbond substituents is 1. The third-order valence-corrected chi connectivity index (χ3v) is 14.1. The van der Waals surface area contributed by atoms with E-state index >= 15 is 0 Å². The first-order chi connectivity index (χ1) is 32.0. The Kier molecular flexibility index (Phi) is 8.22. The maximum atomic E-state index is 10.7. The lowest BCUT2D eigenvalue weighted by atomic mass is 9.70. The molecule has 0 saturated heterocycles. The molecule has 9 aromatic carbocycles. The van der Waals surface area contributed by atoms with E-state index in [9.17, 15) is 10.2 Å². The number of nitrogens with zero attached hydrogens (tertiary/aromatic N) is 2. The van der Waals surface area contributed by atoms with Gasteiger partial charge in [-0.05, 0) is 158 Å². The molecule has 1 spiro atoms. The molecule has 65 heavy (non-hydrogen) atoms. The molecule has 2 N–H and O–H groups in total. The molecule has 4 nitrogen and oxygen atoms in total. The third-order valence-electron chi connectivity index (χ3n) is 14.1. The number of para-hydroxylation sites is 1. The maximum absolute atomic E-state index is 10.7. The van der Waals surface area contributed by atoms with Gasteiger partial charge in [0, 0.05) is 45.8 Å². The molecule has 0 aliphatic heterocycles. The summed E-state index contributed by atoms with van der Waals surface area (Å²) in [4.78, 5) is 2.25. The molecule has 0 fully saturated rings. The van der Waals surface area contributed by atoms with Crippen LogP contribution in [0.25, 0.3) is 67.2 Å². The first-order valence-corrected chi connectivity index (χ1v) is 22.4. The van der Waals surface area contributed by atoms with Crippen molar-refractivity contribution in [2.45, 2.75) is 18.3 Å². The monoisotopic (exact) mass is 834 g/mol.